The van der Waals surface area contributed by atoms with Gasteiger partial charge in [0.25, 0.3) is 0 Å². The van der Waals surface area contributed by atoms with Gasteiger partial charge in [-0.1, -0.05) is 38.1 Å². The molecule has 0 aliphatic rings. The molecule has 1 rings (SSSR count). The van der Waals surface area contributed by atoms with E-state index >= 15 is 0 Å². The molecule has 0 aliphatic carbocycles. The van der Waals surface area contributed by atoms with Gasteiger partial charge in [0, 0.05) is 6.54 Å². The second-order valence-corrected chi connectivity index (χ2v) is 4.61. The van der Waals surface area contributed by atoms with E-state index in [1.54, 1.807) is 0 Å². The van der Waals surface area contributed by atoms with Crippen LogP contribution in [0.5, 0.6) is 0 Å². The van der Waals surface area contributed by atoms with Crippen molar-refractivity contribution in [2.45, 2.75) is 40.0 Å². The van der Waals surface area contributed by atoms with Gasteiger partial charge in [-0.15, -0.1) is 0 Å². The largest absolute Gasteiger partial charge is 0.374 e. The molecule has 0 heterocycles. The topological polar surface area (TPSA) is 21.3 Å². The Balaban J connectivity index is 2.50. The van der Waals surface area contributed by atoms with Crippen LogP contribution in [0, 0.1) is 5.92 Å². The molecule has 0 spiro atoms. The molecule has 16 heavy (non-hydrogen) atoms. The lowest BCUT2D eigenvalue weighted by atomic mass is 10.1. The molecule has 2 heteroatoms. The summed E-state index contributed by atoms with van der Waals surface area (Å²) in [5.41, 5.74) is 2.56. The van der Waals surface area contributed by atoms with Crippen molar-refractivity contribution in [2.75, 3.05) is 7.05 Å². The molecule has 1 atom stereocenters. The quantitative estimate of drug-likeness (QED) is 0.797. The summed E-state index contributed by atoms with van der Waals surface area (Å²) in [6.45, 7) is 8.11. The average molecular weight is 221 g/mol. The zero-order chi connectivity index (χ0) is 12.0. The van der Waals surface area contributed by atoms with Gasteiger partial charge < -0.3 is 10.1 Å². The number of nitrogens with one attached hydrogen (secondary N) is 1. The molecule has 1 unspecified atom stereocenters. The van der Waals surface area contributed by atoms with E-state index in [0.29, 0.717) is 18.6 Å². The zero-order valence-corrected chi connectivity index (χ0v) is 10.8. The van der Waals surface area contributed by atoms with Crippen LogP contribution in [0.3, 0.4) is 0 Å². The number of hydrogen-bond acceptors (Lipinski definition) is 2. The van der Waals surface area contributed by atoms with E-state index in [0.717, 1.165) is 6.54 Å². The van der Waals surface area contributed by atoms with E-state index in [-0.39, 0.29) is 0 Å². The normalized spacial score (nSPS) is 13.1. The molecule has 0 radical (unpaired) electrons. The highest BCUT2D eigenvalue weighted by Crippen LogP contribution is 2.11. The van der Waals surface area contributed by atoms with Gasteiger partial charge in [0.15, 0.2) is 0 Å². The molecule has 0 aromatic heterocycles. The zero-order valence-electron chi connectivity index (χ0n) is 10.8. The summed E-state index contributed by atoms with van der Waals surface area (Å²) in [6, 6.07) is 8.53. The Morgan fingerprint density at radius 2 is 1.88 bits per heavy atom. The lowest BCUT2D eigenvalue weighted by Crippen LogP contribution is -2.15. The molecule has 0 fully saturated rings. The highest BCUT2D eigenvalue weighted by molar-refractivity contribution is 5.22. The van der Waals surface area contributed by atoms with Gasteiger partial charge in [-0.2, -0.15) is 0 Å². The van der Waals surface area contributed by atoms with Crippen molar-refractivity contribution in [2.24, 2.45) is 5.92 Å². The Morgan fingerprint density at radius 3 is 2.50 bits per heavy atom. The van der Waals surface area contributed by atoms with Crippen LogP contribution in [0.15, 0.2) is 24.3 Å². The van der Waals surface area contributed by atoms with Crippen molar-refractivity contribution in [3.8, 4) is 0 Å². The minimum Gasteiger partial charge on any atom is -0.374 e. The van der Waals surface area contributed by atoms with Crippen molar-refractivity contribution in [3.05, 3.63) is 35.4 Å². The van der Waals surface area contributed by atoms with Crippen LogP contribution in [-0.4, -0.2) is 13.2 Å². The van der Waals surface area contributed by atoms with Crippen molar-refractivity contribution in [3.63, 3.8) is 0 Å². The summed E-state index contributed by atoms with van der Waals surface area (Å²) in [4.78, 5) is 0. The highest BCUT2D eigenvalue weighted by atomic mass is 16.5. The maximum Gasteiger partial charge on any atom is 0.0720 e. The minimum atomic E-state index is 0.313. The molecule has 0 aliphatic heterocycles. The molecule has 0 bridgehead atoms. The molecule has 1 N–H and O–H groups in total. The van der Waals surface area contributed by atoms with Gasteiger partial charge >= 0.3 is 0 Å². The Hall–Kier alpha value is -0.860. The fraction of sp³-hybridized carbons (Fsp3) is 0.571. The van der Waals surface area contributed by atoms with Crippen molar-refractivity contribution < 1.29 is 4.74 Å². The SMILES string of the molecule is CNCc1cccc(COC(C)C(C)C)c1. The highest BCUT2D eigenvalue weighted by Gasteiger charge is 2.07. The molecular weight excluding hydrogens is 198 g/mol. The van der Waals surface area contributed by atoms with Crippen molar-refractivity contribution in [1.29, 1.82) is 0 Å². The molecule has 2 nitrogen and oxygen atoms in total. The summed E-state index contributed by atoms with van der Waals surface area (Å²) in [6.07, 6.45) is 0.313. The predicted octanol–water partition coefficient (Wildman–Crippen LogP) is 2.97. The number of hydrogen-bond donors (Lipinski definition) is 1. The number of rotatable bonds is 6. The van der Waals surface area contributed by atoms with Crippen LogP contribution in [-0.2, 0) is 17.9 Å². The van der Waals surface area contributed by atoms with Crippen LogP contribution in [0.2, 0.25) is 0 Å². The van der Waals surface area contributed by atoms with Gasteiger partial charge in [0.1, 0.15) is 0 Å². The minimum absolute atomic E-state index is 0.313. The monoisotopic (exact) mass is 221 g/mol. The fourth-order valence-corrected chi connectivity index (χ4v) is 1.45. The maximum atomic E-state index is 5.80. The fourth-order valence-electron chi connectivity index (χ4n) is 1.45. The van der Waals surface area contributed by atoms with Gasteiger partial charge in [-0.25, -0.2) is 0 Å². The number of ether oxygens (including phenoxy) is 1. The summed E-state index contributed by atoms with van der Waals surface area (Å²) < 4.78 is 5.80. The van der Waals surface area contributed by atoms with E-state index in [1.165, 1.54) is 11.1 Å². The average Bonchev–Trinajstić information content (AvgIpc) is 2.26. The first-order valence-corrected chi connectivity index (χ1v) is 5.97. The van der Waals surface area contributed by atoms with Crippen molar-refractivity contribution >= 4 is 0 Å². The van der Waals surface area contributed by atoms with Crippen LogP contribution in [0.4, 0.5) is 0 Å². The molecule has 0 amide bonds. The molecule has 1 aromatic carbocycles. The maximum absolute atomic E-state index is 5.80. The summed E-state index contributed by atoms with van der Waals surface area (Å²) >= 11 is 0. The summed E-state index contributed by atoms with van der Waals surface area (Å²) in [5.74, 6) is 0.570. The van der Waals surface area contributed by atoms with Crippen LogP contribution >= 0.6 is 0 Å². The lowest BCUT2D eigenvalue weighted by Gasteiger charge is -2.16. The van der Waals surface area contributed by atoms with E-state index in [4.69, 9.17) is 4.74 Å². The molecule has 90 valence electrons. The first-order valence-electron chi connectivity index (χ1n) is 5.97. The van der Waals surface area contributed by atoms with Crippen LogP contribution in [0.25, 0.3) is 0 Å². The second-order valence-electron chi connectivity index (χ2n) is 4.61. The summed E-state index contributed by atoms with van der Waals surface area (Å²) in [5, 5.41) is 3.15. The van der Waals surface area contributed by atoms with Gasteiger partial charge in [-0.05, 0) is 31.0 Å². The third-order valence-corrected chi connectivity index (χ3v) is 2.82. The van der Waals surface area contributed by atoms with E-state index in [2.05, 4.69) is 50.4 Å². The molecule has 1 aromatic rings. The third kappa shape index (κ3) is 4.33. The standard InChI is InChI=1S/C14H23NO/c1-11(2)12(3)16-10-14-7-5-6-13(8-14)9-15-4/h5-8,11-12,15H,9-10H2,1-4H3. The van der Waals surface area contributed by atoms with E-state index < -0.39 is 0 Å². The van der Waals surface area contributed by atoms with Gasteiger partial charge in [0.2, 0.25) is 0 Å². The Morgan fingerprint density at radius 1 is 1.19 bits per heavy atom. The third-order valence-electron chi connectivity index (χ3n) is 2.82. The predicted molar refractivity (Wildman–Crippen MR) is 68.3 cm³/mol. The Kier molecular flexibility index (Phi) is 5.50. The van der Waals surface area contributed by atoms with Crippen LogP contribution < -0.4 is 5.32 Å². The molecule has 0 saturated heterocycles. The van der Waals surface area contributed by atoms with Crippen molar-refractivity contribution in [1.82, 2.24) is 5.32 Å². The van der Waals surface area contributed by atoms with Gasteiger partial charge in [-0.3, -0.25) is 0 Å². The van der Waals surface area contributed by atoms with Crippen LogP contribution in [0.1, 0.15) is 31.9 Å². The molecular formula is C14H23NO. The first kappa shape index (κ1) is 13.2. The first-order chi connectivity index (χ1) is 7.63. The van der Waals surface area contributed by atoms with E-state index in [1.807, 2.05) is 7.05 Å². The summed E-state index contributed by atoms with van der Waals surface area (Å²) in [7, 11) is 1.96. The number of benzene rings is 1. The smallest absolute Gasteiger partial charge is 0.0720 e. The second kappa shape index (κ2) is 6.66. The Labute approximate surface area is 99.0 Å². The van der Waals surface area contributed by atoms with Gasteiger partial charge in [0.05, 0.1) is 12.7 Å². The lowest BCUT2D eigenvalue weighted by molar-refractivity contribution is 0.0235. The Bertz CT molecular complexity index is 309. The molecule has 0 saturated carbocycles. The van der Waals surface area contributed by atoms with E-state index in [9.17, 15) is 0 Å².